The second-order valence-electron chi connectivity index (χ2n) is 12.6. The van der Waals surface area contributed by atoms with Crippen LogP contribution < -0.4 is 10.1 Å². The number of nitrogens with one attached hydrogen (secondary N) is 1. The number of furan rings is 1. The second kappa shape index (κ2) is 12.2. The van der Waals surface area contributed by atoms with Crippen molar-refractivity contribution < 1.29 is 27.1 Å². The zero-order valence-corrected chi connectivity index (χ0v) is 26.7. The van der Waals surface area contributed by atoms with Crippen LogP contribution in [0, 0.1) is 12.8 Å². The van der Waals surface area contributed by atoms with Crippen molar-refractivity contribution in [2.75, 3.05) is 45.2 Å². The second-order valence-corrected chi connectivity index (χ2v) is 14.5. The third-order valence-corrected chi connectivity index (χ3v) is 10.7. The van der Waals surface area contributed by atoms with Crippen molar-refractivity contribution in [2.24, 2.45) is 5.92 Å². The van der Waals surface area contributed by atoms with Crippen LogP contribution in [-0.2, 0) is 19.6 Å². The van der Waals surface area contributed by atoms with E-state index in [0.717, 1.165) is 41.3 Å². The van der Waals surface area contributed by atoms with Gasteiger partial charge in [0.15, 0.2) is 0 Å². The number of para-hydroxylation sites is 1. The lowest BCUT2D eigenvalue weighted by atomic mass is 9.89. The summed E-state index contributed by atoms with van der Waals surface area (Å²) in [6.45, 7) is 8.07. The molecule has 2 fully saturated rings. The Hall–Kier alpha value is -3.44. The van der Waals surface area contributed by atoms with Crippen LogP contribution in [0.3, 0.4) is 0 Å². The van der Waals surface area contributed by atoms with Gasteiger partial charge in [0.25, 0.3) is 0 Å². The summed E-state index contributed by atoms with van der Waals surface area (Å²) in [5, 5.41) is 4.92. The fourth-order valence-corrected chi connectivity index (χ4v) is 8.35. The van der Waals surface area contributed by atoms with E-state index in [0.29, 0.717) is 47.4 Å². The van der Waals surface area contributed by atoms with Crippen LogP contribution in [0.5, 0.6) is 5.75 Å². The SMILES string of the molecule is COc1cc2c(cc1NC(=O)CN1CCCC3(C1)CN(S(=O)(=O)c1ccc(C)cc1)[C@@H](CC(C)C)CO3)oc1ccccc12. The van der Waals surface area contributed by atoms with Gasteiger partial charge in [-0.1, -0.05) is 49.7 Å². The number of fused-ring (bicyclic) bond motifs is 3. The molecule has 1 unspecified atom stereocenters. The van der Waals surface area contributed by atoms with Gasteiger partial charge in [-0.25, -0.2) is 8.42 Å². The number of morpholine rings is 1. The zero-order valence-electron chi connectivity index (χ0n) is 25.8. The Morgan fingerprint density at radius 3 is 2.59 bits per heavy atom. The van der Waals surface area contributed by atoms with Crippen molar-refractivity contribution >= 4 is 43.6 Å². The molecule has 44 heavy (non-hydrogen) atoms. The van der Waals surface area contributed by atoms with Gasteiger partial charge in [0.05, 0.1) is 36.4 Å². The van der Waals surface area contributed by atoms with Crippen molar-refractivity contribution in [3.63, 3.8) is 0 Å². The van der Waals surface area contributed by atoms with Crippen LogP contribution in [0.1, 0.15) is 38.7 Å². The van der Waals surface area contributed by atoms with E-state index in [2.05, 4.69) is 24.1 Å². The fraction of sp³-hybridized carbons (Fsp3) is 0.441. The monoisotopic (exact) mass is 619 g/mol. The molecule has 0 aliphatic carbocycles. The van der Waals surface area contributed by atoms with E-state index in [1.807, 2.05) is 49.4 Å². The van der Waals surface area contributed by atoms with Crippen molar-refractivity contribution in [1.82, 2.24) is 9.21 Å². The number of amides is 1. The Balaban J connectivity index is 1.19. The van der Waals surface area contributed by atoms with Gasteiger partial charge < -0.3 is 19.2 Å². The highest BCUT2D eigenvalue weighted by Crippen LogP contribution is 2.38. The summed E-state index contributed by atoms with van der Waals surface area (Å²) in [7, 11) is -2.15. The van der Waals surface area contributed by atoms with Crippen molar-refractivity contribution in [3.8, 4) is 5.75 Å². The third kappa shape index (κ3) is 6.08. The number of carbonyl (C=O) groups is 1. The summed E-state index contributed by atoms with van der Waals surface area (Å²) in [5.41, 5.74) is 2.30. The number of hydrogen-bond donors (Lipinski definition) is 1. The quantitative estimate of drug-likeness (QED) is 0.266. The lowest BCUT2D eigenvalue weighted by Gasteiger charge is -2.50. The molecule has 10 heteroatoms. The van der Waals surface area contributed by atoms with E-state index >= 15 is 0 Å². The first kappa shape index (κ1) is 30.6. The Morgan fingerprint density at radius 2 is 1.84 bits per heavy atom. The highest BCUT2D eigenvalue weighted by atomic mass is 32.2. The molecule has 1 spiro atoms. The van der Waals surface area contributed by atoms with Crippen LogP contribution in [-0.4, -0.2) is 75.1 Å². The molecule has 0 radical (unpaired) electrons. The molecule has 2 saturated heterocycles. The van der Waals surface area contributed by atoms with Crippen LogP contribution in [0.2, 0.25) is 0 Å². The summed E-state index contributed by atoms with van der Waals surface area (Å²) < 4.78 is 47.8. The lowest BCUT2D eigenvalue weighted by molar-refractivity contribution is -0.146. The molecule has 4 aromatic rings. The first-order valence-electron chi connectivity index (χ1n) is 15.3. The molecule has 1 aromatic heterocycles. The summed E-state index contributed by atoms with van der Waals surface area (Å²) in [6, 6.07) is 18.3. The van der Waals surface area contributed by atoms with Crippen LogP contribution in [0.25, 0.3) is 21.9 Å². The van der Waals surface area contributed by atoms with Crippen LogP contribution >= 0.6 is 0 Å². The number of benzene rings is 3. The highest BCUT2D eigenvalue weighted by Gasteiger charge is 2.47. The minimum Gasteiger partial charge on any atom is -0.495 e. The van der Waals surface area contributed by atoms with E-state index in [-0.39, 0.29) is 25.0 Å². The van der Waals surface area contributed by atoms with Gasteiger partial charge in [-0.15, -0.1) is 0 Å². The Morgan fingerprint density at radius 1 is 1.07 bits per heavy atom. The van der Waals surface area contributed by atoms with Gasteiger partial charge in [-0.2, -0.15) is 4.31 Å². The van der Waals surface area contributed by atoms with Gasteiger partial charge in [-0.3, -0.25) is 9.69 Å². The van der Waals surface area contributed by atoms with Gasteiger partial charge in [-0.05, 0) is 62.9 Å². The third-order valence-electron chi connectivity index (χ3n) is 8.76. The molecule has 6 rings (SSSR count). The molecule has 3 heterocycles. The first-order chi connectivity index (χ1) is 21.1. The number of anilines is 1. The summed E-state index contributed by atoms with van der Waals surface area (Å²) in [4.78, 5) is 15.7. The van der Waals surface area contributed by atoms with E-state index in [1.54, 1.807) is 29.6 Å². The maximum absolute atomic E-state index is 14.0. The Labute approximate surface area is 259 Å². The predicted octanol–water partition coefficient (Wildman–Crippen LogP) is 5.81. The molecule has 9 nitrogen and oxygen atoms in total. The maximum Gasteiger partial charge on any atom is 0.243 e. The molecule has 2 atom stereocenters. The largest absolute Gasteiger partial charge is 0.495 e. The fourth-order valence-electron chi connectivity index (χ4n) is 6.65. The van der Waals surface area contributed by atoms with Crippen molar-refractivity contribution in [3.05, 3.63) is 66.2 Å². The number of carbonyl (C=O) groups excluding carboxylic acids is 1. The van der Waals surface area contributed by atoms with E-state index in [9.17, 15) is 13.2 Å². The molecule has 1 N–H and O–H groups in total. The van der Waals surface area contributed by atoms with Gasteiger partial charge in [0.2, 0.25) is 15.9 Å². The average Bonchev–Trinajstić information content (AvgIpc) is 3.35. The molecule has 234 valence electrons. The molecule has 2 aliphatic heterocycles. The molecule has 3 aromatic carbocycles. The topological polar surface area (TPSA) is 101 Å². The van der Waals surface area contributed by atoms with Crippen molar-refractivity contribution in [2.45, 2.75) is 56.6 Å². The average molecular weight is 620 g/mol. The maximum atomic E-state index is 14.0. The number of piperidine rings is 1. The number of aryl methyl sites for hydroxylation is 1. The number of methoxy groups -OCH3 is 1. The highest BCUT2D eigenvalue weighted by molar-refractivity contribution is 7.89. The van der Waals surface area contributed by atoms with E-state index in [1.165, 1.54) is 0 Å². The molecule has 2 aliphatic rings. The van der Waals surface area contributed by atoms with Gasteiger partial charge in [0, 0.05) is 36.0 Å². The molecule has 0 bridgehead atoms. The standard InChI is InChI=1S/C34H41N3O6S/c1-23(2)16-25-20-42-34(22-37(25)44(39,40)26-12-10-24(3)11-13-26)14-7-15-36(21-34)19-33(38)35-29-18-31-28(17-32(29)41-4)27-8-5-6-9-30(27)43-31/h5-6,8-13,17-18,23,25H,7,14-16,19-22H2,1-4H3,(H,35,38)/t25-,34?/m0/s1. The Kier molecular flexibility index (Phi) is 8.45. The van der Waals surface area contributed by atoms with Gasteiger partial charge in [0.1, 0.15) is 16.9 Å². The number of sulfonamides is 1. The summed E-state index contributed by atoms with van der Waals surface area (Å²) >= 11 is 0. The van der Waals surface area contributed by atoms with Crippen LogP contribution in [0.4, 0.5) is 5.69 Å². The number of likely N-dealkylation sites (tertiary alicyclic amines) is 1. The lowest BCUT2D eigenvalue weighted by Crippen LogP contribution is -2.64. The first-order valence-corrected chi connectivity index (χ1v) is 16.7. The van der Waals surface area contributed by atoms with E-state index < -0.39 is 15.6 Å². The molecular formula is C34H41N3O6S. The van der Waals surface area contributed by atoms with Gasteiger partial charge >= 0.3 is 0 Å². The summed E-state index contributed by atoms with van der Waals surface area (Å²) in [6.07, 6.45) is 2.25. The summed E-state index contributed by atoms with van der Waals surface area (Å²) in [5.74, 6) is 0.681. The number of rotatable bonds is 8. The molecular weight excluding hydrogens is 578 g/mol. The molecule has 0 saturated carbocycles. The van der Waals surface area contributed by atoms with Crippen LogP contribution in [0.15, 0.2) is 70.0 Å². The molecule has 1 amide bonds. The minimum absolute atomic E-state index is 0.145. The number of ether oxygens (including phenoxy) is 2. The number of hydrogen-bond acceptors (Lipinski definition) is 7. The number of nitrogens with zero attached hydrogens (tertiary/aromatic N) is 2. The minimum atomic E-state index is -3.73. The predicted molar refractivity (Wildman–Crippen MR) is 172 cm³/mol. The zero-order chi connectivity index (χ0) is 31.1. The Bertz CT molecular complexity index is 1770. The normalized spacial score (nSPS) is 21.8. The van der Waals surface area contributed by atoms with Crippen molar-refractivity contribution in [1.29, 1.82) is 0 Å². The van der Waals surface area contributed by atoms with E-state index in [4.69, 9.17) is 13.9 Å². The smallest absolute Gasteiger partial charge is 0.243 e.